The number of aliphatic carboxylic acids is 1. The summed E-state index contributed by atoms with van der Waals surface area (Å²) in [7, 11) is -3.28. The zero-order valence-electron chi connectivity index (χ0n) is 14.4. The number of sulfone groups is 1. The smallest absolute Gasteiger partial charge is 0.550 e. The second-order valence-corrected chi connectivity index (χ2v) is 7.63. The van der Waals surface area contributed by atoms with E-state index in [1.807, 2.05) is 30.3 Å². The Morgan fingerprint density at radius 3 is 2.23 bits per heavy atom. The number of carboxylic acid groups (broad SMARTS) is 1. The van der Waals surface area contributed by atoms with Gasteiger partial charge in [0.1, 0.15) is 0 Å². The van der Waals surface area contributed by atoms with Crippen molar-refractivity contribution in [2.75, 3.05) is 6.26 Å². The van der Waals surface area contributed by atoms with Crippen LogP contribution in [0, 0.1) is 0 Å². The van der Waals surface area contributed by atoms with E-state index in [0.29, 0.717) is 11.4 Å². The topological polar surface area (TPSA) is 92.1 Å². The molecule has 0 aliphatic heterocycles. The normalized spacial score (nSPS) is 11.0. The van der Waals surface area contributed by atoms with Crippen molar-refractivity contribution >= 4 is 15.8 Å². The summed E-state index contributed by atoms with van der Waals surface area (Å²) in [5, 5.41) is 15.2. The van der Waals surface area contributed by atoms with Crippen LogP contribution >= 0.6 is 0 Å². The molecule has 128 valence electrons. The van der Waals surface area contributed by atoms with E-state index < -0.39 is 15.8 Å². The Kier molecular flexibility index (Phi) is 6.41. The van der Waals surface area contributed by atoms with Crippen molar-refractivity contribution in [3.05, 3.63) is 66.4 Å². The number of carbonyl (C=O) groups excluding carboxylic acids is 1. The summed E-state index contributed by atoms with van der Waals surface area (Å²) < 4.78 is 24.8. The third-order valence-electron chi connectivity index (χ3n) is 3.66. The van der Waals surface area contributed by atoms with Crippen LogP contribution < -0.4 is 34.7 Å². The monoisotopic (exact) mass is 378 g/mol. The molecule has 0 radical (unpaired) electrons. The molecular formula is C18H15N2NaO4S. The van der Waals surface area contributed by atoms with Gasteiger partial charge in [0.2, 0.25) is 0 Å². The van der Waals surface area contributed by atoms with Gasteiger partial charge in [0.05, 0.1) is 22.0 Å². The fraction of sp³-hybridized carbons (Fsp3) is 0.111. The number of carboxylic acids is 1. The maximum atomic E-state index is 11.6. The molecule has 0 atom stereocenters. The first kappa shape index (κ1) is 20.4. The number of rotatable bonds is 5. The Morgan fingerprint density at radius 1 is 1.08 bits per heavy atom. The molecule has 0 saturated carbocycles. The van der Waals surface area contributed by atoms with E-state index in [2.05, 4.69) is 5.10 Å². The van der Waals surface area contributed by atoms with Crippen molar-refractivity contribution in [2.24, 2.45) is 0 Å². The molecule has 3 rings (SSSR count). The minimum Gasteiger partial charge on any atom is -0.550 e. The minimum absolute atomic E-state index is 0. The van der Waals surface area contributed by atoms with Crippen LogP contribution in [-0.2, 0) is 21.1 Å². The zero-order valence-corrected chi connectivity index (χ0v) is 17.2. The van der Waals surface area contributed by atoms with E-state index in [9.17, 15) is 18.3 Å². The summed E-state index contributed by atoms with van der Waals surface area (Å²) in [4.78, 5) is 11.1. The Balaban J connectivity index is 0.00000243. The fourth-order valence-corrected chi connectivity index (χ4v) is 3.14. The van der Waals surface area contributed by atoms with E-state index in [4.69, 9.17) is 0 Å². The number of aromatic nitrogens is 2. The van der Waals surface area contributed by atoms with Crippen LogP contribution in [0.15, 0.2) is 65.6 Å². The van der Waals surface area contributed by atoms with Gasteiger partial charge >= 0.3 is 29.6 Å². The van der Waals surface area contributed by atoms with E-state index >= 15 is 0 Å². The van der Waals surface area contributed by atoms with Crippen LogP contribution in [0.4, 0.5) is 0 Å². The molecule has 0 bridgehead atoms. The van der Waals surface area contributed by atoms with Gasteiger partial charge in [-0.3, -0.25) is 0 Å². The summed E-state index contributed by atoms with van der Waals surface area (Å²) in [5.74, 6) is -1.21. The van der Waals surface area contributed by atoms with E-state index in [1.54, 1.807) is 22.9 Å². The molecule has 6 nitrogen and oxygen atoms in total. The first-order valence-electron chi connectivity index (χ1n) is 7.49. The average Bonchev–Trinajstić information content (AvgIpc) is 2.98. The van der Waals surface area contributed by atoms with Gasteiger partial charge in [0.25, 0.3) is 0 Å². The van der Waals surface area contributed by atoms with E-state index in [0.717, 1.165) is 17.5 Å². The van der Waals surface area contributed by atoms with Gasteiger partial charge < -0.3 is 9.90 Å². The zero-order chi connectivity index (χ0) is 18.0. The minimum atomic E-state index is -3.28. The number of hydrogen-bond donors (Lipinski definition) is 0. The molecule has 0 aliphatic carbocycles. The third kappa shape index (κ3) is 4.62. The predicted octanol–water partition coefficient (Wildman–Crippen LogP) is -1.76. The van der Waals surface area contributed by atoms with Gasteiger partial charge in [-0.25, -0.2) is 13.1 Å². The SMILES string of the molecule is CS(=O)(=O)c1ccc(-c2cc(CC(=O)[O-])nn2-c2ccccc2)cc1.[Na+]. The number of para-hydroxylation sites is 1. The summed E-state index contributed by atoms with van der Waals surface area (Å²) in [6.07, 6.45) is 0.850. The molecule has 1 aromatic heterocycles. The maximum absolute atomic E-state index is 11.6. The van der Waals surface area contributed by atoms with Crippen LogP contribution in [0.5, 0.6) is 0 Å². The molecule has 0 unspecified atom stereocenters. The largest absolute Gasteiger partial charge is 1.00 e. The molecule has 0 amide bonds. The van der Waals surface area contributed by atoms with Crippen LogP contribution in [0.25, 0.3) is 16.9 Å². The first-order valence-corrected chi connectivity index (χ1v) is 9.38. The molecule has 0 fully saturated rings. The van der Waals surface area contributed by atoms with E-state index in [1.165, 1.54) is 12.1 Å². The van der Waals surface area contributed by atoms with Crippen molar-refractivity contribution in [1.82, 2.24) is 9.78 Å². The summed E-state index contributed by atoms with van der Waals surface area (Å²) >= 11 is 0. The molecule has 26 heavy (non-hydrogen) atoms. The van der Waals surface area contributed by atoms with Crippen LogP contribution in [0.1, 0.15) is 5.69 Å². The van der Waals surface area contributed by atoms with Crippen molar-refractivity contribution in [1.29, 1.82) is 0 Å². The van der Waals surface area contributed by atoms with Crippen molar-refractivity contribution in [3.63, 3.8) is 0 Å². The second kappa shape index (κ2) is 8.18. The predicted molar refractivity (Wildman–Crippen MR) is 90.8 cm³/mol. The van der Waals surface area contributed by atoms with Crippen molar-refractivity contribution in [3.8, 4) is 16.9 Å². The molecular weight excluding hydrogens is 363 g/mol. The number of carbonyl (C=O) groups is 1. The van der Waals surface area contributed by atoms with Crippen molar-refractivity contribution < 1.29 is 47.9 Å². The molecule has 2 aromatic carbocycles. The van der Waals surface area contributed by atoms with Gasteiger partial charge in [-0.1, -0.05) is 30.3 Å². The molecule has 0 spiro atoms. The summed E-state index contributed by atoms with van der Waals surface area (Å²) in [6, 6.07) is 17.3. The molecule has 3 aromatic rings. The molecule has 0 saturated heterocycles. The van der Waals surface area contributed by atoms with Crippen molar-refractivity contribution in [2.45, 2.75) is 11.3 Å². The van der Waals surface area contributed by atoms with E-state index in [-0.39, 0.29) is 40.9 Å². The fourth-order valence-electron chi connectivity index (χ4n) is 2.51. The van der Waals surface area contributed by atoms with Crippen LogP contribution in [-0.4, -0.2) is 30.4 Å². The van der Waals surface area contributed by atoms with Gasteiger partial charge in [-0.15, -0.1) is 0 Å². The molecule has 0 N–H and O–H groups in total. The average molecular weight is 378 g/mol. The van der Waals surface area contributed by atoms with Crippen LogP contribution in [0.2, 0.25) is 0 Å². The quantitative estimate of drug-likeness (QED) is 0.491. The first-order chi connectivity index (χ1) is 11.8. The van der Waals surface area contributed by atoms with Gasteiger partial charge in [-0.2, -0.15) is 5.10 Å². The van der Waals surface area contributed by atoms with Gasteiger partial charge in [-0.05, 0) is 30.3 Å². The molecule has 0 aliphatic rings. The summed E-state index contributed by atoms with van der Waals surface area (Å²) in [5.41, 5.74) is 2.54. The number of benzene rings is 2. The van der Waals surface area contributed by atoms with Crippen LogP contribution in [0.3, 0.4) is 0 Å². The third-order valence-corrected chi connectivity index (χ3v) is 4.79. The Morgan fingerprint density at radius 2 is 1.69 bits per heavy atom. The Bertz CT molecular complexity index is 1010. The molecule has 8 heteroatoms. The number of nitrogens with zero attached hydrogens (tertiary/aromatic N) is 2. The van der Waals surface area contributed by atoms with Gasteiger partial charge in [0, 0.05) is 24.2 Å². The standard InChI is InChI=1S/C18H16N2O4S.Na/c1-25(23,24)16-9-7-13(8-10-16)17-11-14(12-18(21)22)19-20(17)15-5-3-2-4-6-15;/h2-11H,12H2,1H3,(H,21,22);/q;+1/p-1. The second-order valence-electron chi connectivity index (χ2n) is 5.61. The molecule has 1 heterocycles. The van der Waals surface area contributed by atoms with Gasteiger partial charge in [0.15, 0.2) is 9.84 Å². The maximum Gasteiger partial charge on any atom is 1.00 e. The number of hydrogen-bond acceptors (Lipinski definition) is 5. The Labute approximate surface area is 173 Å². The Hall–Kier alpha value is -1.93. The summed E-state index contributed by atoms with van der Waals surface area (Å²) in [6.45, 7) is 0.